The van der Waals surface area contributed by atoms with E-state index in [1.54, 1.807) is 18.2 Å². The lowest BCUT2D eigenvalue weighted by Crippen LogP contribution is -2.28. The van der Waals surface area contributed by atoms with Gasteiger partial charge in [0.1, 0.15) is 34.2 Å². The van der Waals surface area contributed by atoms with Gasteiger partial charge in [-0.25, -0.2) is 12.8 Å². The van der Waals surface area contributed by atoms with Crippen LogP contribution in [0.1, 0.15) is 22.5 Å². The van der Waals surface area contributed by atoms with Crippen molar-refractivity contribution in [1.29, 1.82) is 5.26 Å². The number of thiophene rings is 1. The number of nitrogens with zero attached hydrogens (tertiary/aromatic N) is 1. The highest BCUT2D eigenvalue weighted by Crippen LogP contribution is 2.51. The van der Waals surface area contributed by atoms with Crippen molar-refractivity contribution in [3.05, 3.63) is 57.9 Å². The highest BCUT2D eigenvalue weighted by molar-refractivity contribution is 7.92. The van der Waals surface area contributed by atoms with Gasteiger partial charge in [0.2, 0.25) is 0 Å². The Bertz CT molecular complexity index is 1420. The van der Waals surface area contributed by atoms with Gasteiger partial charge in [0, 0.05) is 16.6 Å². The van der Waals surface area contributed by atoms with Crippen LogP contribution in [0.3, 0.4) is 0 Å². The summed E-state index contributed by atoms with van der Waals surface area (Å²) in [5.41, 5.74) is 4.99. The van der Waals surface area contributed by atoms with Crippen LogP contribution < -0.4 is 15.2 Å². The first-order valence-electron chi connectivity index (χ1n) is 9.22. The molecule has 1 unspecified atom stereocenters. The molecule has 0 aliphatic heterocycles. The SMILES string of the molecule is Cc1c(S(=O)(=O)NC(c2ccc(C#N)c(F)c2)P(=O)(O)O)sc2ccc(OCCN)c(Cl)c12. The summed E-state index contributed by atoms with van der Waals surface area (Å²) in [5.74, 6) is -2.80. The molecule has 14 heteroatoms. The number of nitriles is 1. The van der Waals surface area contributed by atoms with Crippen LogP contribution in [-0.2, 0) is 14.6 Å². The molecule has 1 atom stereocenters. The van der Waals surface area contributed by atoms with Gasteiger partial charge >= 0.3 is 7.60 Å². The van der Waals surface area contributed by atoms with E-state index >= 15 is 0 Å². The third-order valence-electron chi connectivity index (χ3n) is 4.60. The van der Waals surface area contributed by atoms with E-state index in [2.05, 4.69) is 0 Å². The number of hydrogen-bond donors (Lipinski definition) is 4. The average Bonchev–Trinajstić information content (AvgIpc) is 3.09. The minimum atomic E-state index is -5.13. The second-order valence-corrected chi connectivity index (χ2v) is 11.9. The van der Waals surface area contributed by atoms with Gasteiger partial charge in [-0.05, 0) is 42.3 Å². The Balaban J connectivity index is 2.07. The largest absolute Gasteiger partial charge is 0.491 e. The number of nitrogens with two attached hydrogens (primary N) is 1. The van der Waals surface area contributed by atoms with Gasteiger partial charge in [-0.3, -0.25) is 4.57 Å². The lowest BCUT2D eigenvalue weighted by Gasteiger charge is -2.20. The Morgan fingerprint density at radius 2 is 2.06 bits per heavy atom. The lowest BCUT2D eigenvalue weighted by atomic mass is 10.1. The van der Waals surface area contributed by atoms with E-state index in [0.29, 0.717) is 21.9 Å². The molecule has 1 aromatic heterocycles. The maximum atomic E-state index is 14.0. The first-order valence-corrected chi connectivity index (χ1v) is 13.6. The fraction of sp³-hybridized carbons (Fsp3) is 0.211. The molecular weight excluding hydrogens is 516 g/mol. The van der Waals surface area contributed by atoms with Crippen molar-refractivity contribution in [2.75, 3.05) is 13.2 Å². The van der Waals surface area contributed by atoms with Crippen LogP contribution in [0.2, 0.25) is 5.02 Å². The van der Waals surface area contributed by atoms with E-state index < -0.39 is 29.2 Å². The molecule has 33 heavy (non-hydrogen) atoms. The van der Waals surface area contributed by atoms with Crippen molar-refractivity contribution in [2.45, 2.75) is 16.9 Å². The Morgan fingerprint density at radius 3 is 2.64 bits per heavy atom. The van der Waals surface area contributed by atoms with E-state index in [1.807, 2.05) is 4.72 Å². The van der Waals surface area contributed by atoms with Gasteiger partial charge < -0.3 is 20.3 Å². The van der Waals surface area contributed by atoms with E-state index in [4.69, 9.17) is 27.3 Å². The predicted octanol–water partition coefficient (Wildman–Crippen LogP) is 3.37. The molecule has 0 saturated carbocycles. The maximum Gasteiger partial charge on any atom is 0.347 e. The molecule has 0 spiro atoms. The molecule has 0 amide bonds. The Kier molecular flexibility index (Phi) is 7.48. The second-order valence-electron chi connectivity index (χ2n) is 6.87. The van der Waals surface area contributed by atoms with Crippen molar-refractivity contribution < 1.29 is 31.9 Å². The third kappa shape index (κ3) is 5.21. The summed E-state index contributed by atoms with van der Waals surface area (Å²) in [7, 11) is -9.62. The van der Waals surface area contributed by atoms with Gasteiger partial charge in [-0.2, -0.15) is 9.98 Å². The normalized spacial score (nSPS) is 13.1. The summed E-state index contributed by atoms with van der Waals surface area (Å²) >= 11 is 7.25. The number of hydrogen-bond acceptors (Lipinski definition) is 7. The number of ether oxygens (including phenoxy) is 1. The molecule has 9 nitrogen and oxygen atoms in total. The third-order valence-corrected chi connectivity index (χ3v) is 9.55. The highest BCUT2D eigenvalue weighted by atomic mass is 35.5. The molecule has 176 valence electrons. The standard InChI is InChI=1S/C19H18ClFN3O6PS2/c1-10-16-15(5-4-14(17(16)20)30-7-6-22)32-19(10)33(28,29)24-18(31(25,26)27)11-2-3-12(9-23)13(21)8-11/h2-5,8,18,24H,6-7,22H2,1H3,(H2,25,26,27). The summed E-state index contributed by atoms with van der Waals surface area (Å²) < 4.78 is 60.2. The zero-order valence-electron chi connectivity index (χ0n) is 16.9. The number of aryl methyl sites for hydroxylation is 1. The summed E-state index contributed by atoms with van der Waals surface area (Å²) in [4.78, 5) is 19.6. The number of nitrogens with one attached hydrogen (secondary N) is 1. The second kappa shape index (κ2) is 9.66. The first-order chi connectivity index (χ1) is 15.4. The van der Waals surface area contributed by atoms with Crippen LogP contribution in [0.5, 0.6) is 5.75 Å². The molecule has 2 aromatic carbocycles. The van der Waals surface area contributed by atoms with Crippen molar-refractivity contribution >= 4 is 50.6 Å². The predicted molar refractivity (Wildman–Crippen MR) is 122 cm³/mol. The Labute approximate surface area is 197 Å². The number of rotatable bonds is 8. The van der Waals surface area contributed by atoms with Crippen LogP contribution in [-0.4, -0.2) is 31.4 Å². The number of halogens is 2. The minimum Gasteiger partial charge on any atom is -0.491 e. The molecule has 1 heterocycles. The zero-order valence-corrected chi connectivity index (χ0v) is 20.2. The van der Waals surface area contributed by atoms with E-state index in [0.717, 1.165) is 23.5 Å². The van der Waals surface area contributed by atoms with Gasteiger partial charge in [0.15, 0.2) is 0 Å². The smallest absolute Gasteiger partial charge is 0.347 e. The van der Waals surface area contributed by atoms with Gasteiger partial charge in [-0.1, -0.05) is 17.7 Å². The van der Waals surface area contributed by atoms with Crippen molar-refractivity contribution in [1.82, 2.24) is 4.72 Å². The molecule has 0 aliphatic rings. The Hall–Kier alpha value is -2.07. The van der Waals surface area contributed by atoms with Crippen LogP contribution in [0.4, 0.5) is 4.39 Å². The molecule has 0 radical (unpaired) electrons. The van der Waals surface area contributed by atoms with Crippen LogP contribution >= 0.6 is 30.5 Å². The fourth-order valence-corrected chi connectivity index (χ4v) is 7.89. The molecule has 3 aromatic rings. The minimum absolute atomic E-state index is 0.178. The van der Waals surface area contributed by atoms with Gasteiger partial charge in [0.25, 0.3) is 10.0 Å². The van der Waals surface area contributed by atoms with Gasteiger partial charge in [-0.15, -0.1) is 11.3 Å². The number of benzene rings is 2. The molecule has 3 rings (SSSR count). The van der Waals surface area contributed by atoms with Crippen LogP contribution in [0.25, 0.3) is 10.1 Å². The molecule has 0 bridgehead atoms. The maximum absolute atomic E-state index is 14.0. The first kappa shape index (κ1) is 25.6. The quantitative estimate of drug-likeness (QED) is 0.320. The highest BCUT2D eigenvalue weighted by Gasteiger charge is 2.37. The summed E-state index contributed by atoms with van der Waals surface area (Å²) in [6, 6.07) is 7.55. The van der Waals surface area contributed by atoms with Crippen LogP contribution in [0, 0.1) is 24.1 Å². The molecule has 0 saturated heterocycles. The van der Waals surface area contributed by atoms with E-state index in [-0.39, 0.29) is 39.1 Å². The molecular formula is C19H18ClFN3O6PS2. The number of fused-ring (bicyclic) bond motifs is 1. The Morgan fingerprint density at radius 1 is 1.36 bits per heavy atom. The van der Waals surface area contributed by atoms with Crippen LogP contribution in [0.15, 0.2) is 34.5 Å². The lowest BCUT2D eigenvalue weighted by molar-refractivity contribution is 0.329. The van der Waals surface area contributed by atoms with E-state index in [1.165, 1.54) is 6.92 Å². The summed E-state index contributed by atoms with van der Waals surface area (Å²) in [6.45, 7) is 1.95. The molecule has 0 fully saturated rings. The van der Waals surface area contributed by atoms with E-state index in [9.17, 15) is 27.2 Å². The van der Waals surface area contributed by atoms with Crippen molar-refractivity contribution in [3.63, 3.8) is 0 Å². The fourth-order valence-electron chi connectivity index (χ4n) is 3.11. The van der Waals surface area contributed by atoms with Crippen molar-refractivity contribution in [2.24, 2.45) is 5.73 Å². The molecule has 5 N–H and O–H groups in total. The van der Waals surface area contributed by atoms with Gasteiger partial charge in [0.05, 0.1) is 10.6 Å². The monoisotopic (exact) mass is 533 g/mol. The van der Waals surface area contributed by atoms with Crippen molar-refractivity contribution in [3.8, 4) is 11.8 Å². The number of sulfonamides is 1. The summed E-state index contributed by atoms with van der Waals surface area (Å²) in [5, 5.41) is 9.44. The molecule has 0 aliphatic carbocycles. The zero-order chi connectivity index (χ0) is 24.6. The summed E-state index contributed by atoms with van der Waals surface area (Å²) in [6.07, 6.45) is 0. The average molecular weight is 534 g/mol. The topological polar surface area (TPSA) is 163 Å².